The summed E-state index contributed by atoms with van der Waals surface area (Å²) in [4.78, 5) is 14.8. The number of aryl methyl sites for hydroxylation is 1. The number of para-hydroxylation sites is 1. The molecule has 0 aromatic heterocycles. The minimum Gasteiger partial charge on any atom is -0.491 e. The van der Waals surface area contributed by atoms with Crippen LogP contribution in [0.4, 0.5) is 5.69 Å². The van der Waals surface area contributed by atoms with Crippen molar-refractivity contribution in [3.63, 3.8) is 0 Å². The van der Waals surface area contributed by atoms with E-state index in [1.807, 2.05) is 44.2 Å². The van der Waals surface area contributed by atoms with Gasteiger partial charge in [-0.25, -0.2) is 0 Å². The average Bonchev–Trinajstić information content (AvgIpc) is 2.55. The van der Waals surface area contributed by atoms with Crippen LogP contribution in [0.3, 0.4) is 0 Å². The van der Waals surface area contributed by atoms with Gasteiger partial charge in [0.05, 0.1) is 12.6 Å². The van der Waals surface area contributed by atoms with Crippen LogP contribution in [0, 0.1) is 0 Å². The average molecular weight is 309 g/mol. The van der Waals surface area contributed by atoms with Crippen molar-refractivity contribution in [2.45, 2.75) is 32.8 Å². The number of rotatable bonds is 5. The van der Waals surface area contributed by atoms with E-state index in [4.69, 9.17) is 4.74 Å². The third-order valence-corrected chi connectivity index (χ3v) is 4.09. The maximum Gasteiger partial charge on any atom is 0.182 e. The molecule has 0 bridgehead atoms. The molecule has 23 heavy (non-hydrogen) atoms. The minimum atomic E-state index is 0.140. The van der Waals surface area contributed by atoms with Gasteiger partial charge in [-0.05, 0) is 62.6 Å². The monoisotopic (exact) mass is 309 g/mol. The van der Waals surface area contributed by atoms with Crippen molar-refractivity contribution in [2.75, 3.05) is 18.0 Å². The van der Waals surface area contributed by atoms with Gasteiger partial charge >= 0.3 is 0 Å². The molecule has 120 valence electrons. The highest BCUT2D eigenvalue weighted by Gasteiger charge is 2.19. The lowest BCUT2D eigenvalue weighted by Crippen LogP contribution is -2.34. The van der Waals surface area contributed by atoms with E-state index in [0.29, 0.717) is 6.54 Å². The fourth-order valence-electron chi connectivity index (χ4n) is 3.03. The maximum absolute atomic E-state index is 12.6. The smallest absolute Gasteiger partial charge is 0.182 e. The summed E-state index contributed by atoms with van der Waals surface area (Å²) in [5.41, 5.74) is 3.28. The molecule has 1 heterocycles. The van der Waals surface area contributed by atoms with Crippen molar-refractivity contribution in [3.8, 4) is 5.75 Å². The van der Waals surface area contributed by atoms with Gasteiger partial charge < -0.3 is 9.64 Å². The number of hydrogen-bond acceptors (Lipinski definition) is 3. The van der Waals surface area contributed by atoms with Crippen LogP contribution in [0.2, 0.25) is 0 Å². The van der Waals surface area contributed by atoms with Gasteiger partial charge in [0, 0.05) is 17.8 Å². The number of hydrogen-bond donors (Lipinski definition) is 0. The molecule has 0 saturated heterocycles. The molecule has 0 fully saturated rings. The van der Waals surface area contributed by atoms with Gasteiger partial charge in [0.15, 0.2) is 5.78 Å². The summed E-state index contributed by atoms with van der Waals surface area (Å²) in [6, 6.07) is 15.8. The largest absolute Gasteiger partial charge is 0.491 e. The Morgan fingerprint density at radius 3 is 2.61 bits per heavy atom. The number of ether oxygens (including phenoxy) is 1. The van der Waals surface area contributed by atoms with E-state index in [0.717, 1.165) is 30.7 Å². The summed E-state index contributed by atoms with van der Waals surface area (Å²) in [6.45, 7) is 5.36. The molecule has 0 atom stereocenters. The number of benzene rings is 2. The zero-order valence-electron chi connectivity index (χ0n) is 13.8. The summed E-state index contributed by atoms with van der Waals surface area (Å²) in [5, 5.41) is 0. The third-order valence-electron chi connectivity index (χ3n) is 4.09. The number of Topliss-reactive ketones (excluding diaryl/α,β-unsaturated/α-hetero) is 1. The number of ketones is 1. The normalized spacial score (nSPS) is 13.8. The Labute approximate surface area is 137 Å². The summed E-state index contributed by atoms with van der Waals surface area (Å²) >= 11 is 0. The number of fused-ring (bicyclic) bond motifs is 1. The molecule has 1 aliphatic heterocycles. The topological polar surface area (TPSA) is 29.5 Å². The first-order valence-corrected chi connectivity index (χ1v) is 8.26. The lowest BCUT2D eigenvalue weighted by atomic mass is 10.0. The molecule has 2 aromatic rings. The highest BCUT2D eigenvalue weighted by Crippen LogP contribution is 2.26. The first kappa shape index (κ1) is 15.6. The zero-order chi connectivity index (χ0) is 16.2. The molecule has 0 N–H and O–H groups in total. The molecule has 0 unspecified atom stereocenters. The summed E-state index contributed by atoms with van der Waals surface area (Å²) < 4.78 is 5.62. The number of anilines is 1. The van der Waals surface area contributed by atoms with Crippen molar-refractivity contribution in [3.05, 3.63) is 59.7 Å². The molecular weight excluding hydrogens is 286 g/mol. The van der Waals surface area contributed by atoms with Crippen LogP contribution >= 0.6 is 0 Å². The van der Waals surface area contributed by atoms with Crippen LogP contribution in [0.1, 0.15) is 36.2 Å². The highest BCUT2D eigenvalue weighted by molar-refractivity contribution is 5.99. The van der Waals surface area contributed by atoms with Gasteiger partial charge in [0.2, 0.25) is 0 Å². The first-order valence-electron chi connectivity index (χ1n) is 8.26. The number of carbonyl (C=O) groups excluding carboxylic acids is 1. The van der Waals surface area contributed by atoms with Crippen molar-refractivity contribution >= 4 is 11.5 Å². The fourth-order valence-corrected chi connectivity index (χ4v) is 3.03. The molecule has 3 nitrogen and oxygen atoms in total. The predicted molar refractivity (Wildman–Crippen MR) is 93.5 cm³/mol. The Bertz CT molecular complexity index is 676. The summed E-state index contributed by atoms with van der Waals surface area (Å²) in [5.74, 6) is 0.956. The maximum atomic E-state index is 12.6. The quantitative estimate of drug-likeness (QED) is 0.779. The van der Waals surface area contributed by atoms with Crippen LogP contribution in [-0.4, -0.2) is 25.0 Å². The van der Waals surface area contributed by atoms with E-state index in [2.05, 4.69) is 23.1 Å². The Morgan fingerprint density at radius 1 is 1.13 bits per heavy atom. The molecule has 3 rings (SSSR count). The van der Waals surface area contributed by atoms with Crippen molar-refractivity contribution in [1.29, 1.82) is 0 Å². The Kier molecular flexibility index (Phi) is 4.65. The third kappa shape index (κ3) is 3.73. The van der Waals surface area contributed by atoms with E-state index < -0.39 is 0 Å². The molecule has 2 aromatic carbocycles. The summed E-state index contributed by atoms with van der Waals surface area (Å²) in [7, 11) is 0. The van der Waals surface area contributed by atoms with Gasteiger partial charge in [-0.3, -0.25) is 4.79 Å². The van der Waals surface area contributed by atoms with Crippen LogP contribution in [-0.2, 0) is 6.42 Å². The Hall–Kier alpha value is -2.29. The predicted octanol–water partition coefficient (Wildman–Crippen LogP) is 4.11. The highest BCUT2D eigenvalue weighted by atomic mass is 16.5. The van der Waals surface area contributed by atoms with Crippen molar-refractivity contribution in [2.24, 2.45) is 0 Å². The van der Waals surface area contributed by atoms with Gasteiger partial charge in [-0.2, -0.15) is 0 Å². The molecule has 3 heteroatoms. The van der Waals surface area contributed by atoms with Crippen LogP contribution in [0.15, 0.2) is 48.5 Å². The SMILES string of the molecule is CC(C)Oc1ccc(C(=O)CN2CCCc3ccccc32)cc1. The fraction of sp³-hybridized carbons (Fsp3) is 0.350. The lowest BCUT2D eigenvalue weighted by Gasteiger charge is -2.30. The van der Waals surface area contributed by atoms with E-state index in [9.17, 15) is 4.79 Å². The number of nitrogens with zero attached hydrogens (tertiary/aromatic N) is 1. The summed E-state index contributed by atoms with van der Waals surface area (Å²) in [6.07, 6.45) is 2.34. The molecule has 0 radical (unpaired) electrons. The van der Waals surface area contributed by atoms with E-state index >= 15 is 0 Å². The van der Waals surface area contributed by atoms with Crippen molar-refractivity contribution < 1.29 is 9.53 Å². The number of carbonyl (C=O) groups is 1. The second kappa shape index (κ2) is 6.86. The molecule has 0 spiro atoms. The Balaban J connectivity index is 1.70. The minimum absolute atomic E-state index is 0.140. The van der Waals surface area contributed by atoms with E-state index in [1.54, 1.807) is 0 Å². The second-order valence-corrected chi connectivity index (χ2v) is 6.27. The van der Waals surface area contributed by atoms with Gasteiger partial charge in [0.1, 0.15) is 5.75 Å². The van der Waals surface area contributed by atoms with Crippen LogP contribution in [0.5, 0.6) is 5.75 Å². The second-order valence-electron chi connectivity index (χ2n) is 6.27. The van der Waals surface area contributed by atoms with Gasteiger partial charge in [0.25, 0.3) is 0 Å². The lowest BCUT2D eigenvalue weighted by molar-refractivity contribution is 0.0998. The zero-order valence-corrected chi connectivity index (χ0v) is 13.8. The van der Waals surface area contributed by atoms with Crippen molar-refractivity contribution in [1.82, 2.24) is 0 Å². The standard InChI is InChI=1S/C20H23NO2/c1-15(2)23-18-11-9-17(10-12-18)20(22)14-21-13-5-7-16-6-3-4-8-19(16)21/h3-4,6,8-12,15H,5,7,13-14H2,1-2H3. The molecule has 0 saturated carbocycles. The molecule has 0 amide bonds. The van der Waals surface area contributed by atoms with E-state index in [-0.39, 0.29) is 11.9 Å². The van der Waals surface area contributed by atoms with Gasteiger partial charge in [-0.1, -0.05) is 18.2 Å². The van der Waals surface area contributed by atoms with Gasteiger partial charge in [-0.15, -0.1) is 0 Å². The molecule has 0 aliphatic carbocycles. The van der Waals surface area contributed by atoms with Crippen LogP contribution in [0.25, 0.3) is 0 Å². The molecule has 1 aliphatic rings. The first-order chi connectivity index (χ1) is 11.1. The van der Waals surface area contributed by atoms with E-state index in [1.165, 1.54) is 11.3 Å². The Morgan fingerprint density at radius 2 is 1.87 bits per heavy atom. The molecular formula is C20H23NO2. The van der Waals surface area contributed by atoms with Crippen LogP contribution < -0.4 is 9.64 Å².